The molecular formula is C13H16Cl2N2O. The quantitative estimate of drug-likeness (QED) is 0.849. The zero-order valence-electron chi connectivity index (χ0n) is 10.0. The smallest absolute Gasteiger partial charge is 0.135 e. The highest BCUT2D eigenvalue weighted by Gasteiger charge is 2.41. The minimum absolute atomic E-state index is 0.112. The highest BCUT2D eigenvalue weighted by atomic mass is 35.5. The van der Waals surface area contributed by atoms with Crippen molar-refractivity contribution in [1.82, 2.24) is 9.88 Å². The lowest BCUT2D eigenvalue weighted by atomic mass is 10.00. The fraction of sp³-hybridized carbons (Fsp3) is 0.615. The molecule has 3 atom stereocenters. The molecule has 1 aromatic rings. The van der Waals surface area contributed by atoms with Crippen molar-refractivity contribution in [2.45, 2.75) is 25.5 Å². The van der Waals surface area contributed by atoms with Gasteiger partial charge in [0.1, 0.15) is 10.3 Å². The first-order valence-corrected chi connectivity index (χ1v) is 7.10. The number of aliphatic hydroxyl groups excluding tert-OH is 1. The topological polar surface area (TPSA) is 36.4 Å². The molecule has 0 amide bonds. The largest absolute Gasteiger partial charge is 0.393 e. The molecule has 3 rings (SSSR count). The number of pyridine rings is 1. The van der Waals surface area contributed by atoms with Gasteiger partial charge in [-0.05, 0) is 24.8 Å². The van der Waals surface area contributed by atoms with Gasteiger partial charge < -0.3 is 5.11 Å². The van der Waals surface area contributed by atoms with Gasteiger partial charge >= 0.3 is 0 Å². The normalized spacial score (nSPS) is 31.8. The van der Waals surface area contributed by atoms with Crippen LogP contribution >= 0.6 is 23.2 Å². The standard InChI is InChI=1S/C13H16Cl2N2O/c14-12-4-2-9(13(15)16-12)6-17-5-8-1-3-11(18)10(8)7-17/h2,4,8,10-11,18H,1,3,5-7H2. The Morgan fingerprint density at radius 3 is 2.83 bits per heavy atom. The van der Waals surface area contributed by atoms with Crippen LogP contribution in [0.4, 0.5) is 0 Å². The third-order valence-electron chi connectivity index (χ3n) is 4.18. The first kappa shape index (κ1) is 12.7. The molecule has 1 aromatic heterocycles. The summed E-state index contributed by atoms with van der Waals surface area (Å²) in [5.41, 5.74) is 1.01. The number of halogens is 2. The van der Waals surface area contributed by atoms with Gasteiger partial charge in [0, 0.05) is 31.1 Å². The first-order valence-electron chi connectivity index (χ1n) is 6.35. The van der Waals surface area contributed by atoms with E-state index in [0.29, 0.717) is 22.1 Å². The van der Waals surface area contributed by atoms with E-state index in [1.807, 2.05) is 6.07 Å². The fourth-order valence-corrected chi connectivity index (χ4v) is 3.66. The number of aliphatic hydroxyl groups is 1. The maximum absolute atomic E-state index is 9.89. The van der Waals surface area contributed by atoms with E-state index in [1.165, 1.54) is 0 Å². The summed E-state index contributed by atoms with van der Waals surface area (Å²) in [7, 11) is 0. The van der Waals surface area contributed by atoms with E-state index < -0.39 is 0 Å². The zero-order chi connectivity index (χ0) is 12.7. The van der Waals surface area contributed by atoms with Crippen LogP contribution in [-0.4, -0.2) is 34.2 Å². The third kappa shape index (κ3) is 2.37. The first-order chi connectivity index (χ1) is 8.63. The summed E-state index contributed by atoms with van der Waals surface area (Å²) in [6, 6.07) is 3.71. The average Bonchev–Trinajstić information content (AvgIpc) is 2.86. The van der Waals surface area contributed by atoms with E-state index in [1.54, 1.807) is 6.07 Å². The fourth-order valence-electron chi connectivity index (χ4n) is 3.26. The molecule has 1 aliphatic carbocycles. The van der Waals surface area contributed by atoms with Gasteiger partial charge in [-0.1, -0.05) is 29.3 Å². The van der Waals surface area contributed by atoms with E-state index in [4.69, 9.17) is 23.2 Å². The van der Waals surface area contributed by atoms with Crippen molar-refractivity contribution < 1.29 is 5.11 Å². The number of hydrogen-bond donors (Lipinski definition) is 1. The Hall–Kier alpha value is -0.350. The van der Waals surface area contributed by atoms with Crippen molar-refractivity contribution in [3.8, 4) is 0 Å². The molecule has 98 valence electrons. The Balaban J connectivity index is 1.68. The number of fused-ring (bicyclic) bond motifs is 1. The summed E-state index contributed by atoms with van der Waals surface area (Å²) in [6.45, 7) is 2.81. The summed E-state index contributed by atoms with van der Waals surface area (Å²) in [6.07, 6.45) is 2.00. The molecule has 5 heteroatoms. The van der Waals surface area contributed by atoms with Crippen LogP contribution in [0.1, 0.15) is 18.4 Å². The molecule has 0 bridgehead atoms. The Morgan fingerprint density at radius 2 is 2.11 bits per heavy atom. The molecule has 0 radical (unpaired) electrons. The molecule has 3 nitrogen and oxygen atoms in total. The molecule has 3 unspecified atom stereocenters. The number of rotatable bonds is 2. The van der Waals surface area contributed by atoms with Crippen LogP contribution < -0.4 is 0 Å². The van der Waals surface area contributed by atoms with E-state index in [9.17, 15) is 5.11 Å². The van der Waals surface area contributed by atoms with Crippen LogP contribution in [0.2, 0.25) is 10.3 Å². The van der Waals surface area contributed by atoms with E-state index in [2.05, 4.69) is 9.88 Å². The molecule has 1 saturated heterocycles. The number of nitrogens with zero attached hydrogens (tertiary/aromatic N) is 2. The molecule has 2 fully saturated rings. The van der Waals surface area contributed by atoms with Gasteiger partial charge in [-0.2, -0.15) is 0 Å². The number of aromatic nitrogens is 1. The van der Waals surface area contributed by atoms with Gasteiger partial charge in [-0.25, -0.2) is 4.98 Å². The van der Waals surface area contributed by atoms with E-state index in [0.717, 1.165) is 38.0 Å². The predicted octanol–water partition coefficient (Wildman–Crippen LogP) is 2.59. The van der Waals surface area contributed by atoms with Gasteiger partial charge in [-0.3, -0.25) is 4.90 Å². The molecular weight excluding hydrogens is 271 g/mol. The highest BCUT2D eigenvalue weighted by Crippen LogP contribution is 2.38. The minimum atomic E-state index is -0.112. The summed E-state index contributed by atoms with van der Waals surface area (Å²) in [5, 5.41) is 10.8. The van der Waals surface area contributed by atoms with Gasteiger partial charge in [-0.15, -0.1) is 0 Å². The van der Waals surface area contributed by atoms with Crippen LogP contribution in [0.3, 0.4) is 0 Å². The average molecular weight is 287 g/mol. The highest BCUT2D eigenvalue weighted by molar-refractivity contribution is 6.32. The number of hydrogen-bond acceptors (Lipinski definition) is 3. The Bertz CT molecular complexity index is 455. The summed E-state index contributed by atoms with van der Waals surface area (Å²) in [5.74, 6) is 1.10. The molecule has 2 aliphatic rings. The van der Waals surface area contributed by atoms with E-state index >= 15 is 0 Å². The van der Waals surface area contributed by atoms with Crippen molar-refractivity contribution >= 4 is 23.2 Å². The second-order valence-electron chi connectivity index (χ2n) is 5.35. The van der Waals surface area contributed by atoms with Crippen molar-refractivity contribution in [3.63, 3.8) is 0 Å². The van der Waals surface area contributed by atoms with Crippen molar-refractivity contribution in [2.75, 3.05) is 13.1 Å². The van der Waals surface area contributed by atoms with Crippen LogP contribution in [0, 0.1) is 11.8 Å². The summed E-state index contributed by atoms with van der Waals surface area (Å²) >= 11 is 11.9. The lowest BCUT2D eigenvalue weighted by Gasteiger charge is -2.18. The zero-order valence-corrected chi connectivity index (χ0v) is 11.5. The van der Waals surface area contributed by atoms with Crippen LogP contribution in [0.25, 0.3) is 0 Å². The van der Waals surface area contributed by atoms with Crippen molar-refractivity contribution in [1.29, 1.82) is 0 Å². The molecule has 18 heavy (non-hydrogen) atoms. The lowest BCUT2D eigenvalue weighted by Crippen LogP contribution is -2.24. The molecule has 0 spiro atoms. The molecule has 0 aromatic carbocycles. The second kappa shape index (κ2) is 4.97. The van der Waals surface area contributed by atoms with E-state index in [-0.39, 0.29) is 6.10 Å². The third-order valence-corrected chi connectivity index (χ3v) is 4.72. The maximum Gasteiger partial charge on any atom is 0.135 e. The van der Waals surface area contributed by atoms with Crippen LogP contribution in [0.5, 0.6) is 0 Å². The Morgan fingerprint density at radius 1 is 1.28 bits per heavy atom. The lowest BCUT2D eigenvalue weighted by molar-refractivity contribution is 0.123. The van der Waals surface area contributed by atoms with Crippen molar-refractivity contribution in [2.24, 2.45) is 11.8 Å². The molecule has 2 heterocycles. The summed E-state index contributed by atoms with van der Waals surface area (Å²) < 4.78 is 0. The SMILES string of the molecule is OC1CCC2CN(Cc3ccc(Cl)nc3Cl)CC12. The van der Waals surface area contributed by atoms with Crippen molar-refractivity contribution in [3.05, 3.63) is 28.0 Å². The predicted molar refractivity (Wildman–Crippen MR) is 71.8 cm³/mol. The van der Waals surface area contributed by atoms with Crippen LogP contribution in [0.15, 0.2) is 12.1 Å². The van der Waals surface area contributed by atoms with Gasteiger partial charge in [0.15, 0.2) is 0 Å². The summed E-state index contributed by atoms with van der Waals surface area (Å²) in [4.78, 5) is 6.41. The minimum Gasteiger partial charge on any atom is -0.393 e. The monoisotopic (exact) mass is 286 g/mol. The van der Waals surface area contributed by atoms with Gasteiger partial charge in [0.25, 0.3) is 0 Å². The van der Waals surface area contributed by atoms with Gasteiger partial charge in [0.2, 0.25) is 0 Å². The molecule has 1 N–H and O–H groups in total. The van der Waals surface area contributed by atoms with Crippen LogP contribution in [-0.2, 0) is 6.54 Å². The Labute approximate surface area is 117 Å². The maximum atomic E-state index is 9.89. The Kier molecular flexibility index (Phi) is 3.50. The van der Waals surface area contributed by atoms with Gasteiger partial charge in [0.05, 0.1) is 6.10 Å². The molecule has 1 saturated carbocycles. The second-order valence-corrected chi connectivity index (χ2v) is 6.09. The molecule has 1 aliphatic heterocycles. The number of likely N-dealkylation sites (tertiary alicyclic amines) is 1.